The Kier molecular flexibility index (Phi) is 4.55. The van der Waals surface area contributed by atoms with Crippen molar-refractivity contribution in [3.63, 3.8) is 0 Å². The summed E-state index contributed by atoms with van der Waals surface area (Å²) in [4.78, 5) is 4.07. The van der Waals surface area contributed by atoms with Crippen LogP contribution < -0.4 is 0 Å². The number of hydroxylamine groups is 3. The van der Waals surface area contributed by atoms with Crippen molar-refractivity contribution in [2.24, 2.45) is 0 Å². The lowest BCUT2D eigenvalue weighted by Crippen LogP contribution is -2.53. The lowest BCUT2D eigenvalue weighted by atomic mass is 9.84. The van der Waals surface area contributed by atoms with Crippen molar-refractivity contribution in [2.45, 2.75) is 38.8 Å². The Morgan fingerprint density at radius 3 is 2.23 bits per heavy atom. The Morgan fingerprint density at radius 1 is 1.08 bits per heavy atom. The average molecular weight is 413 g/mol. The SMILES string of the molecule is CC1(C)N([O])C(c2ccc(C#Cc3cncc(Br)c3)cc2)=[N+]([O-])C1(C)C. The number of nitrogens with zero attached hydrogens (tertiary/aromatic N) is 3. The van der Waals surface area contributed by atoms with Crippen LogP contribution in [0, 0.1) is 17.0 Å². The van der Waals surface area contributed by atoms with Gasteiger partial charge in [0.05, 0.1) is 5.56 Å². The van der Waals surface area contributed by atoms with Crippen molar-refractivity contribution < 1.29 is 9.95 Å². The summed E-state index contributed by atoms with van der Waals surface area (Å²) >= 11 is 3.36. The van der Waals surface area contributed by atoms with Crippen molar-refractivity contribution in [1.82, 2.24) is 10.0 Å². The maximum Gasteiger partial charge on any atom is 0.316 e. The second-order valence-corrected chi connectivity index (χ2v) is 8.17. The third-order valence-electron chi connectivity index (χ3n) is 5.10. The fourth-order valence-corrected chi connectivity index (χ4v) is 3.04. The molecule has 0 atom stereocenters. The van der Waals surface area contributed by atoms with Crippen LogP contribution >= 0.6 is 15.9 Å². The van der Waals surface area contributed by atoms with E-state index in [0.29, 0.717) is 5.56 Å². The molecule has 0 aliphatic carbocycles. The number of hydrogen-bond acceptors (Lipinski definition) is 3. The number of pyridine rings is 1. The molecular weight excluding hydrogens is 394 g/mol. The topological polar surface area (TPSA) is 62.1 Å². The van der Waals surface area contributed by atoms with Crippen molar-refractivity contribution in [3.05, 3.63) is 69.1 Å². The van der Waals surface area contributed by atoms with E-state index in [4.69, 9.17) is 0 Å². The van der Waals surface area contributed by atoms with E-state index in [-0.39, 0.29) is 5.84 Å². The molecule has 26 heavy (non-hydrogen) atoms. The highest BCUT2D eigenvalue weighted by Gasteiger charge is 2.59. The van der Waals surface area contributed by atoms with E-state index in [1.54, 1.807) is 64.4 Å². The van der Waals surface area contributed by atoms with E-state index in [1.807, 2.05) is 6.07 Å². The normalized spacial score (nSPS) is 17.8. The summed E-state index contributed by atoms with van der Waals surface area (Å²) in [6.07, 6.45) is 3.39. The third-order valence-corrected chi connectivity index (χ3v) is 5.53. The molecule has 0 spiro atoms. The lowest BCUT2D eigenvalue weighted by molar-refractivity contribution is -0.539. The van der Waals surface area contributed by atoms with Gasteiger partial charge < -0.3 is 5.21 Å². The number of amidine groups is 1. The van der Waals surface area contributed by atoms with Crippen molar-refractivity contribution in [2.75, 3.05) is 0 Å². The van der Waals surface area contributed by atoms with E-state index >= 15 is 0 Å². The van der Waals surface area contributed by atoms with Crippen LogP contribution in [0.3, 0.4) is 0 Å². The first-order valence-electron chi connectivity index (χ1n) is 8.19. The van der Waals surface area contributed by atoms with Crippen LogP contribution in [0.15, 0.2) is 47.2 Å². The molecule has 1 aliphatic rings. The molecule has 133 valence electrons. The Bertz CT molecular complexity index is 938. The maximum atomic E-state index is 12.7. The van der Waals surface area contributed by atoms with Crippen molar-refractivity contribution in [1.29, 1.82) is 0 Å². The molecule has 1 aromatic heterocycles. The highest BCUT2D eigenvalue weighted by atomic mass is 79.9. The molecule has 2 aromatic rings. The van der Waals surface area contributed by atoms with E-state index in [0.717, 1.165) is 25.4 Å². The van der Waals surface area contributed by atoms with Crippen LogP contribution in [0.2, 0.25) is 0 Å². The largest absolute Gasteiger partial charge is 0.714 e. The molecule has 0 bridgehead atoms. The zero-order valence-corrected chi connectivity index (χ0v) is 16.7. The minimum Gasteiger partial charge on any atom is -0.714 e. The van der Waals surface area contributed by atoms with Crippen molar-refractivity contribution >= 4 is 21.8 Å². The van der Waals surface area contributed by atoms with Gasteiger partial charge in [-0.05, 0) is 74.0 Å². The highest BCUT2D eigenvalue weighted by Crippen LogP contribution is 2.37. The van der Waals surface area contributed by atoms with E-state index < -0.39 is 11.1 Å². The molecule has 0 amide bonds. The van der Waals surface area contributed by atoms with Crippen LogP contribution in [0.4, 0.5) is 0 Å². The first kappa shape index (κ1) is 18.4. The molecule has 2 heterocycles. The molecular formula is C20H19BrN3O2. The van der Waals surface area contributed by atoms with Gasteiger partial charge in [0.25, 0.3) is 0 Å². The zero-order chi connectivity index (χ0) is 19.1. The molecule has 1 aliphatic heterocycles. The molecule has 6 heteroatoms. The standard InChI is InChI=1S/C20H19BrN3O2/c1-19(2)20(3,4)24(26)18(23(19)25)16-9-7-14(8-10-16)5-6-15-11-17(21)13-22-12-15/h7-13H,1-4H3. The van der Waals surface area contributed by atoms with Gasteiger partial charge in [-0.15, -0.1) is 0 Å². The van der Waals surface area contributed by atoms with E-state index in [2.05, 4.69) is 32.8 Å². The molecule has 5 nitrogen and oxygen atoms in total. The van der Waals surface area contributed by atoms with Crippen LogP contribution in [-0.2, 0) is 5.21 Å². The Morgan fingerprint density at radius 2 is 1.69 bits per heavy atom. The second-order valence-electron chi connectivity index (χ2n) is 7.25. The average Bonchev–Trinajstić information content (AvgIpc) is 2.71. The van der Waals surface area contributed by atoms with Gasteiger partial charge in [-0.1, -0.05) is 16.9 Å². The Balaban J connectivity index is 1.91. The predicted molar refractivity (Wildman–Crippen MR) is 103 cm³/mol. The fourth-order valence-electron chi connectivity index (χ4n) is 2.67. The summed E-state index contributed by atoms with van der Waals surface area (Å²) in [5.74, 6) is 6.23. The summed E-state index contributed by atoms with van der Waals surface area (Å²) < 4.78 is 1.68. The highest BCUT2D eigenvalue weighted by molar-refractivity contribution is 9.10. The van der Waals surface area contributed by atoms with Crippen LogP contribution in [-0.4, -0.2) is 31.7 Å². The van der Waals surface area contributed by atoms with Gasteiger partial charge in [-0.3, -0.25) is 9.72 Å². The first-order chi connectivity index (χ1) is 12.1. The fraction of sp³-hybridized carbons (Fsp3) is 0.300. The maximum absolute atomic E-state index is 12.7. The summed E-state index contributed by atoms with van der Waals surface area (Å²) in [5.41, 5.74) is 0.532. The molecule has 0 saturated heterocycles. The molecule has 0 N–H and O–H groups in total. The smallest absolute Gasteiger partial charge is 0.316 e. The number of hydrogen-bond donors (Lipinski definition) is 0. The summed E-state index contributed by atoms with van der Waals surface area (Å²) in [7, 11) is 0. The van der Waals surface area contributed by atoms with E-state index in [9.17, 15) is 10.4 Å². The van der Waals surface area contributed by atoms with Crippen molar-refractivity contribution in [3.8, 4) is 11.8 Å². The van der Waals surface area contributed by atoms with Gasteiger partial charge in [0.15, 0.2) is 5.54 Å². The molecule has 1 aromatic carbocycles. The number of aromatic nitrogens is 1. The van der Waals surface area contributed by atoms with Gasteiger partial charge in [0, 0.05) is 33.2 Å². The first-order valence-corrected chi connectivity index (χ1v) is 8.98. The minimum atomic E-state index is -0.823. The van der Waals surface area contributed by atoms with Gasteiger partial charge in [-0.25, -0.2) is 0 Å². The quantitative estimate of drug-likeness (QED) is 0.407. The Labute approximate surface area is 161 Å². The predicted octanol–water partition coefficient (Wildman–Crippen LogP) is 3.72. The minimum absolute atomic E-state index is 0.135. The van der Waals surface area contributed by atoms with Crippen LogP contribution in [0.5, 0.6) is 0 Å². The lowest BCUT2D eigenvalue weighted by Gasteiger charge is -2.32. The van der Waals surface area contributed by atoms with Crippen LogP contribution in [0.25, 0.3) is 0 Å². The summed E-state index contributed by atoms with van der Waals surface area (Å²) in [5, 5.41) is 26.2. The number of halogens is 1. The molecule has 1 radical (unpaired) electrons. The molecule has 0 unspecified atom stereocenters. The molecule has 3 rings (SSSR count). The van der Waals surface area contributed by atoms with Gasteiger partial charge in [-0.2, -0.15) is 0 Å². The summed E-state index contributed by atoms with van der Waals surface area (Å²) in [6, 6.07) is 9.01. The van der Waals surface area contributed by atoms with Crippen LogP contribution in [0.1, 0.15) is 44.4 Å². The van der Waals surface area contributed by atoms with Gasteiger partial charge in [0.2, 0.25) is 0 Å². The Hall–Kier alpha value is -2.36. The monoisotopic (exact) mass is 412 g/mol. The zero-order valence-electron chi connectivity index (χ0n) is 15.1. The third kappa shape index (κ3) is 2.98. The molecule has 0 saturated carbocycles. The van der Waals surface area contributed by atoms with Gasteiger partial charge in [0.1, 0.15) is 5.54 Å². The summed E-state index contributed by atoms with van der Waals surface area (Å²) in [6.45, 7) is 7.13. The molecule has 0 fully saturated rings. The number of benzene rings is 1. The second kappa shape index (κ2) is 6.42. The number of rotatable bonds is 1. The van der Waals surface area contributed by atoms with Gasteiger partial charge >= 0.3 is 5.84 Å². The van der Waals surface area contributed by atoms with E-state index in [1.165, 1.54) is 0 Å².